The fraction of sp³-hybridized carbons (Fsp3) is 0.571. The third-order valence-electron chi connectivity index (χ3n) is 3.91. The number of hydrogen-bond acceptors (Lipinski definition) is 2. The molecule has 0 saturated heterocycles. The molecule has 1 fully saturated rings. The third-order valence-corrected chi connectivity index (χ3v) is 5.08. The average Bonchev–Trinajstić information content (AvgIpc) is 2.89. The fourth-order valence-electron chi connectivity index (χ4n) is 3.06. The van der Waals surface area contributed by atoms with Gasteiger partial charge in [0.25, 0.3) is 0 Å². The number of anilines is 1. The van der Waals surface area contributed by atoms with E-state index in [1.165, 1.54) is 11.8 Å². The minimum absolute atomic E-state index is 0.0366. The maximum atomic E-state index is 12.0. The van der Waals surface area contributed by atoms with Crippen LogP contribution in [0.2, 0.25) is 0 Å². The van der Waals surface area contributed by atoms with Gasteiger partial charge in [0.2, 0.25) is 10.0 Å². The van der Waals surface area contributed by atoms with Gasteiger partial charge >= 0.3 is 0 Å². The van der Waals surface area contributed by atoms with Crippen LogP contribution in [-0.4, -0.2) is 20.7 Å². The zero-order chi connectivity index (χ0) is 13.3. The van der Waals surface area contributed by atoms with Crippen molar-refractivity contribution in [3.63, 3.8) is 0 Å². The molecule has 1 aliphatic carbocycles. The molecule has 98 valence electrons. The van der Waals surface area contributed by atoms with Crippen molar-refractivity contribution in [2.24, 2.45) is 0 Å². The van der Waals surface area contributed by atoms with Gasteiger partial charge in [0.1, 0.15) is 0 Å². The second kappa shape index (κ2) is 3.29. The highest BCUT2D eigenvalue weighted by molar-refractivity contribution is 7.92. The van der Waals surface area contributed by atoms with Crippen LogP contribution < -0.4 is 4.31 Å². The van der Waals surface area contributed by atoms with Crippen LogP contribution in [0.3, 0.4) is 0 Å². The summed E-state index contributed by atoms with van der Waals surface area (Å²) in [6.45, 7) is 6.40. The molecule has 3 nitrogen and oxygen atoms in total. The monoisotopic (exact) mass is 265 g/mol. The van der Waals surface area contributed by atoms with E-state index in [0.29, 0.717) is 5.92 Å². The third kappa shape index (κ3) is 1.58. The van der Waals surface area contributed by atoms with Gasteiger partial charge in [-0.1, -0.05) is 39.0 Å². The van der Waals surface area contributed by atoms with Crippen LogP contribution in [0.1, 0.15) is 44.2 Å². The van der Waals surface area contributed by atoms with E-state index in [9.17, 15) is 8.42 Å². The standard InChI is InChI=1S/C14H19NO2S/c1-14(2,3)11-7-5-6-9-10-8-12(10)15(13(9)11)18(4,16)17/h5-7,10,12H,8H2,1-4H3. The molecule has 1 aromatic carbocycles. The van der Waals surface area contributed by atoms with E-state index in [1.807, 2.05) is 0 Å². The lowest BCUT2D eigenvalue weighted by molar-refractivity contribution is 0.584. The van der Waals surface area contributed by atoms with E-state index in [1.54, 1.807) is 4.31 Å². The molecular weight excluding hydrogens is 246 g/mol. The minimum atomic E-state index is -3.17. The maximum Gasteiger partial charge on any atom is 0.232 e. The van der Waals surface area contributed by atoms with Crippen LogP contribution in [0.5, 0.6) is 0 Å². The molecule has 0 amide bonds. The van der Waals surface area contributed by atoms with Crippen molar-refractivity contribution in [2.45, 2.75) is 44.6 Å². The number of benzene rings is 1. The van der Waals surface area contributed by atoms with Crippen LogP contribution in [0.4, 0.5) is 5.69 Å². The Bertz CT molecular complexity index is 613. The lowest BCUT2D eigenvalue weighted by Crippen LogP contribution is -2.32. The van der Waals surface area contributed by atoms with Crippen LogP contribution in [0.25, 0.3) is 0 Å². The zero-order valence-corrected chi connectivity index (χ0v) is 12.1. The molecule has 2 unspecified atom stereocenters. The van der Waals surface area contributed by atoms with Crippen LogP contribution in [0.15, 0.2) is 18.2 Å². The van der Waals surface area contributed by atoms with Crippen molar-refractivity contribution in [1.29, 1.82) is 0 Å². The first-order valence-electron chi connectivity index (χ1n) is 6.34. The van der Waals surface area contributed by atoms with Crippen molar-refractivity contribution >= 4 is 15.7 Å². The molecule has 0 aromatic heterocycles. The zero-order valence-electron chi connectivity index (χ0n) is 11.3. The Hall–Kier alpha value is -1.03. The molecule has 0 radical (unpaired) electrons. The fourth-order valence-corrected chi connectivity index (χ4v) is 4.32. The van der Waals surface area contributed by atoms with Crippen molar-refractivity contribution in [3.05, 3.63) is 29.3 Å². The number of para-hydroxylation sites is 1. The van der Waals surface area contributed by atoms with Crippen molar-refractivity contribution < 1.29 is 8.42 Å². The first-order valence-corrected chi connectivity index (χ1v) is 8.19. The Morgan fingerprint density at radius 1 is 1.28 bits per heavy atom. The number of rotatable bonds is 1. The Morgan fingerprint density at radius 2 is 1.94 bits per heavy atom. The summed E-state index contributed by atoms with van der Waals surface area (Å²) in [5.74, 6) is 0.428. The SMILES string of the molecule is CC(C)(C)c1cccc2c1N(S(C)(=O)=O)C1CC21. The van der Waals surface area contributed by atoms with E-state index in [0.717, 1.165) is 17.7 Å². The molecule has 2 atom stereocenters. The molecule has 0 bridgehead atoms. The van der Waals surface area contributed by atoms with Gasteiger partial charge in [-0.05, 0) is 23.0 Å². The topological polar surface area (TPSA) is 37.4 Å². The number of sulfonamides is 1. The molecule has 1 aliphatic heterocycles. The normalized spacial score (nSPS) is 25.9. The molecule has 2 aliphatic rings. The van der Waals surface area contributed by atoms with E-state index in [-0.39, 0.29) is 11.5 Å². The molecule has 0 spiro atoms. The summed E-state index contributed by atoms with van der Waals surface area (Å²) in [5, 5.41) is 0. The largest absolute Gasteiger partial charge is 0.266 e. The van der Waals surface area contributed by atoms with Crippen LogP contribution in [-0.2, 0) is 15.4 Å². The average molecular weight is 265 g/mol. The molecule has 0 N–H and O–H groups in total. The van der Waals surface area contributed by atoms with E-state index in [2.05, 4.69) is 39.0 Å². The highest BCUT2D eigenvalue weighted by Crippen LogP contribution is 2.58. The smallest absolute Gasteiger partial charge is 0.232 e. The van der Waals surface area contributed by atoms with Gasteiger partial charge in [0.05, 0.1) is 18.0 Å². The maximum absolute atomic E-state index is 12.0. The first kappa shape index (κ1) is 12.0. The summed E-state index contributed by atoms with van der Waals surface area (Å²) in [6, 6.07) is 6.38. The van der Waals surface area contributed by atoms with Crippen molar-refractivity contribution in [1.82, 2.24) is 0 Å². The molecule has 3 rings (SSSR count). The second-order valence-electron chi connectivity index (χ2n) is 6.46. The molecule has 1 aromatic rings. The molecule has 1 heterocycles. The summed E-state index contributed by atoms with van der Waals surface area (Å²) in [7, 11) is -3.17. The molecule has 18 heavy (non-hydrogen) atoms. The van der Waals surface area contributed by atoms with Crippen molar-refractivity contribution in [3.8, 4) is 0 Å². The van der Waals surface area contributed by atoms with Gasteiger partial charge in [-0.25, -0.2) is 8.42 Å². The lowest BCUT2D eigenvalue weighted by atomic mass is 9.84. The Labute approximate surface area is 109 Å². The number of hydrogen-bond donors (Lipinski definition) is 0. The van der Waals surface area contributed by atoms with Crippen molar-refractivity contribution in [2.75, 3.05) is 10.6 Å². The van der Waals surface area contributed by atoms with Gasteiger partial charge in [-0.2, -0.15) is 0 Å². The van der Waals surface area contributed by atoms with Gasteiger partial charge < -0.3 is 0 Å². The minimum Gasteiger partial charge on any atom is -0.266 e. The highest BCUT2D eigenvalue weighted by Gasteiger charge is 2.55. The van der Waals surface area contributed by atoms with Crippen LogP contribution >= 0.6 is 0 Å². The number of fused-ring (bicyclic) bond motifs is 3. The van der Waals surface area contributed by atoms with E-state index in [4.69, 9.17) is 0 Å². The summed E-state index contributed by atoms with van der Waals surface area (Å²) in [4.78, 5) is 0. The van der Waals surface area contributed by atoms with E-state index < -0.39 is 10.0 Å². The quantitative estimate of drug-likeness (QED) is 0.782. The molecule has 1 saturated carbocycles. The van der Waals surface area contributed by atoms with Gasteiger partial charge in [0.15, 0.2) is 0 Å². The summed E-state index contributed by atoms with van der Waals surface area (Å²) < 4.78 is 25.7. The van der Waals surface area contributed by atoms with Gasteiger partial charge in [-0.3, -0.25) is 4.31 Å². The molecular formula is C14H19NO2S. The summed E-state index contributed by atoms with van der Waals surface area (Å²) in [5.41, 5.74) is 3.27. The van der Waals surface area contributed by atoms with E-state index >= 15 is 0 Å². The first-order chi connectivity index (χ1) is 8.21. The van der Waals surface area contributed by atoms with Gasteiger partial charge in [0, 0.05) is 5.92 Å². The Balaban J connectivity index is 2.26. The molecule has 4 heteroatoms. The second-order valence-corrected chi connectivity index (χ2v) is 8.32. The summed E-state index contributed by atoms with van der Waals surface area (Å²) in [6.07, 6.45) is 2.30. The predicted octanol–water partition coefficient (Wildman–Crippen LogP) is 2.62. The summed E-state index contributed by atoms with van der Waals surface area (Å²) >= 11 is 0. The highest BCUT2D eigenvalue weighted by atomic mass is 32.2. The lowest BCUT2D eigenvalue weighted by Gasteiger charge is -2.29. The number of nitrogens with zero attached hydrogens (tertiary/aromatic N) is 1. The Kier molecular flexibility index (Phi) is 2.20. The Morgan fingerprint density at radius 3 is 2.50 bits per heavy atom. The van der Waals surface area contributed by atoms with Crippen LogP contribution in [0, 0.1) is 0 Å². The predicted molar refractivity (Wildman–Crippen MR) is 73.6 cm³/mol. The van der Waals surface area contributed by atoms with Gasteiger partial charge in [-0.15, -0.1) is 0 Å².